The van der Waals surface area contributed by atoms with Gasteiger partial charge in [0, 0.05) is 23.9 Å². The zero-order valence-corrected chi connectivity index (χ0v) is 16.4. The summed E-state index contributed by atoms with van der Waals surface area (Å²) in [5, 5.41) is 0.769. The van der Waals surface area contributed by atoms with Crippen LogP contribution >= 0.6 is 0 Å². The summed E-state index contributed by atoms with van der Waals surface area (Å²) in [5.41, 5.74) is 1.30. The summed E-state index contributed by atoms with van der Waals surface area (Å²) in [7, 11) is 0. The molecule has 0 saturated carbocycles. The predicted molar refractivity (Wildman–Crippen MR) is 108 cm³/mol. The van der Waals surface area contributed by atoms with Crippen molar-refractivity contribution in [2.75, 3.05) is 6.61 Å². The Morgan fingerprint density at radius 1 is 0.964 bits per heavy atom. The van der Waals surface area contributed by atoms with Gasteiger partial charge >= 0.3 is 11.6 Å². The van der Waals surface area contributed by atoms with Crippen molar-refractivity contribution < 1.29 is 18.7 Å². The average Bonchev–Trinajstić information content (AvgIpc) is 2.64. The van der Waals surface area contributed by atoms with Crippen LogP contribution in [0.3, 0.4) is 0 Å². The lowest BCUT2D eigenvalue weighted by atomic mass is 9.87. The Balaban J connectivity index is 1.46. The molecular weight excluding hydrogens is 356 g/mol. The maximum Gasteiger partial charge on any atom is 0.336 e. The van der Waals surface area contributed by atoms with Crippen molar-refractivity contribution in [1.29, 1.82) is 0 Å². The molecule has 0 fully saturated rings. The van der Waals surface area contributed by atoms with Gasteiger partial charge in [0.25, 0.3) is 0 Å². The van der Waals surface area contributed by atoms with Gasteiger partial charge < -0.3 is 13.9 Å². The molecule has 0 aliphatic rings. The molecule has 146 valence electrons. The third kappa shape index (κ3) is 5.22. The summed E-state index contributed by atoms with van der Waals surface area (Å²) >= 11 is 0. The quantitative estimate of drug-likeness (QED) is 0.265. The minimum Gasteiger partial charge on any atom is -0.494 e. The first kappa shape index (κ1) is 19.7. The normalized spacial score (nSPS) is 11.4. The molecule has 1 aromatic heterocycles. The average molecular weight is 380 g/mol. The molecule has 1 heterocycles. The van der Waals surface area contributed by atoms with Gasteiger partial charge in [0.05, 0.1) is 6.61 Å². The SMILES string of the molecule is CC(C)(C)c1ccc(OCCCC(=O)Oc2ccc3ccc(=O)oc3c2)cc1. The van der Waals surface area contributed by atoms with Gasteiger partial charge in [0.1, 0.15) is 17.1 Å². The van der Waals surface area contributed by atoms with Crippen molar-refractivity contribution in [1.82, 2.24) is 0 Å². The second-order valence-corrected chi connectivity index (χ2v) is 7.65. The second kappa shape index (κ2) is 8.30. The number of hydrogen-bond donors (Lipinski definition) is 0. The lowest BCUT2D eigenvalue weighted by Crippen LogP contribution is -2.11. The number of rotatable bonds is 6. The van der Waals surface area contributed by atoms with E-state index in [4.69, 9.17) is 13.9 Å². The monoisotopic (exact) mass is 380 g/mol. The number of benzene rings is 2. The number of carbonyl (C=O) groups is 1. The molecule has 0 saturated heterocycles. The number of esters is 1. The van der Waals surface area contributed by atoms with E-state index >= 15 is 0 Å². The Morgan fingerprint density at radius 2 is 1.64 bits per heavy atom. The van der Waals surface area contributed by atoms with Gasteiger partial charge in [-0.05, 0) is 47.7 Å². The van der Waals surface area contributed by atoms with Gasteiger partial charge in [-0.3, -0.25) is 4.79 Å². The summed E-state index contributed by atoms with van der Waals surface area (Å²) in [4.78, 5) is 23.3. The maximum atomic E-state index is 12.0. The van der Waals surface area contributed by atoms with Gasteiger partial charge in [0.2, 0.25) is 0 Å². The standard InChI is InChI=1S/C23H24O5/c1-23(2,3)17-8-11-18(12-9-17)26-14-4-5-21(24)27-19-10-6-16-7-13-22(25)28-20(16)15-19/h6-13,15H,4-5,14H2,1-3H3. The van der Waals surface area contributed by atoms with Crippen LogP contribution in [0.1, 0.15) is 39.2 Å². The number of carbonyl (C=O) groups excluding carboxylic acids is 1. The molecule has 0 atom stereocenters. The molecular formula is C23H24O5. The zero-order chi connectivity index (χ0) is 20.1. The summed E-state index contributed by atoms with van der Waals surface area (Å²) in [6.07, 6.45) is 0.777. The first-order chi connectivity index (χ1) is 13.3. The first-order valence-electron chi connectivity index (χ1n) is 9.29. The van der Waals surface area contributed by atoms with Crippen LogP contribution in [0.2, 0.25) is 0 Å². The third-order valence-electron chi connectivity index (χ3n) is 4.34. The van der Waals surface area contributed by atoms with E-state index in [9.17, 15) is 9.59 Å². The lowest BCUT2D eigenvalue weighted by Gasteiger charge is -2.19. The predicted octanol–water partition coefficient (Wildman–Crippen LogP) is 4.86. The zero-order valence-electron chi connectivity index (χ0n) is 16.4. The highest BCUT2D eigenvalue weighted by Gasteiger charge is 2.13. The molecule has 0 radical (unpaired) electrons. The maximum absolute atomic E-state index is 12.0. The fraction of sp³-hybridized carbons (Fsp3) is 0.304. The highest BCUT2D eigenvalue weighted by atomic mass is 16.5. The topological polar surface area (TPSA) is 65.7 Å². The Labute approximate surface area is 163 Å². The molecule has 5 heteroatoms. The molecule has 0 aliphatic heterocycles. The van der Waals surface area contributed by atoms with Crippen LogP contribution in [0.25, 0.3) is 11.0 Å². The fourth-order valence-electron chi connectivity index (χ4n) is 2.74. The van der Waals surface area contributed by atoms with Crippen LogP contribution in [0.5, 0.6) is 11.5 Å². The van der Waals surface area contributed by atoms with Crippen molar-refractivity contribution in [3.8, 4) is 11.5 Å². The number of hydrogen-bond acceptors (Lipinski definition) is 5. The van der Waals surface area contributed by atoms with E-state index in [1.54, 1.807) is 24.3 Å². The van der Waals surface area contributed by atoms with E-state index in [2.05, 4.69) is 32.9 Å². The largest absolute Gasteiger partial charge is 0.494 e. The van der Waals surface area contributed by atoms with Crippen molar-refractivity contribution in [3.05, 3.63) is 70.6 Å². The van der Waals surface area contributed by atoms with Crippen LogP contribution in [-0.4, -0.2) is 12.6 Å². The number of ether oxygens (including phenoxy) is 2. The molecule has 3 aromatic rings. The van der Waals surface area contributed by atoms with Crippen molar-refractivity contribution in [3.63, 3.8) is 0 Å². The summed E-state index contributed by atoms with van der Waals surface area (Å²) < 4.78 is 16.1. The molecule has 0 spiro atoms. The van der Waals surface area contributed by atoms with Gasteiger partial charge in [-0.25, -0.2) is 4.79 Å². The van der Waals surface area contributed by atoms with E-state index in [1.807, 2.05) is 12.1 Å². The Bertz CT molecular complexity index is 1010. The van der Waals surface area contributed by atoms with E-state index in [1.165, 1.54) is 11.6 Å². The molecule has 3 rings (SSSR count). The van der Waals surface area contributed by atoms with E-state index < -0.39 is 5.63 Å². The van der Waals surface area contributed by atoms with E-state index in [-0.39, 0.29) is 17.8 Å². The van der Waals surface area contributed by atoms with Crippen LogP contribution in [-0.2, 0) is 10.2 Å². The summed E-state index contributed by atoms with van der Waals surface area (Å²) in [6.45, 7) is 6.92. The van der Waals surface area contributed by atoms with E-state index in [0.717, 1.165) is 11.1 Å². The molecule has 0 aliphatic carbocycles. The van der Waals surface area contributed by atoms with Gasteiger partial charge in [0.15, 0.2) is 0 Å². The van der Waals surface area contributed by atoms with Crippen molar-refractivity contribution >= 4 is 16.9 Å². The molecule has 0 bridgehead atoms. The minimum absolute atomic E-state index is 0.105. The molecule has 0 amide bonds. The smallest absolute Gasteiger partial charge is 0.336 e. The molecule has 0 N–H and O–H groups in total. The third-order valence-corrected chi connectivity index (χ3v) is 4.34. The van der Waals surface area contributed by atoms with Gasteiger partial charge in [-0.15, -0.1) is 0 Å². The highest BCUT2D eigenvalue weighted by molar-refractivity contribution is 5.79. The summed E-state index contributed by atoms with van der Waals surface area (Å²) in [5.74, 6) is 0.778. The molecule has 2 aromatic carbocycles. The fourth-order valence-corrected chi connectivity index (χ4v) is 2.74. The summed E-state index contributed by atoms with van der Waals surface area (Å²) in [6, 6.07) is 16.0. The van der Waals surface area contributed by atoms with Crippen molar-refractivity contribution in [2.45, 2.75) is 39.0 Å². The Morgan fingerprint density at radius 3 is 2.36 bits per heavy atom. The second-order valence-electron chi connectivity index (χ2n) is 7.65. The van der Waals surface area contributed by atoms with Crippen LogP contribution < -0.4 is 15.1 Å². The Hall–Kier alpha value is -3.08. The Kier molecular flexibility index (Phi) is 5.83. The minimum atomic E-state index is -0.441. The van der Waals surface area contributed by atoms with Crippen LogP contribution in [0.15, 0.2) is 63.8 Å². The molecule has 28 heavy (non-hydrogen) atoms. The number of fused-ring (bicyclic) bond motifs is 1. The highest BCUT2D eigenvalue weighted by Crippen LogP contribution is 2.24. The van der Waals surface area contributed by atoms with Crippen molar-refractivity contribution in [2.24, 2.45) is 0 Å². The first-order valence-corrected chi connectivity index (χ1v) is 9.29. The van der Waals surface area contributed by atoms with Gasteiger partial charge in [-0.1, -0.05) is 32.9 Å². The molecule has 5 nitrogen and oxygen atoms in total. The van der Waals surface area contributed by atoms with Gasteiger partial charge in [-0.2, -0.15) is 0 Å². The van der Waals surface area contributed by atoms with Crippen LogP contribution in [0.4, 0.5) is 0 Å². The van der Waals surface area contributed by atoms with E-state index in [0.29, 0.717) is 24.4 Å². The lowest BCUT2D eigenvalue weighted by molar-refractivity contribution is -0.134. The van der Waals surface area contributed by atoms with Crippen LogP contribution in [0, 0.1) is 0 Å². The molecule has 0 unspecified atom stereocenters.